The Morgan fingerprint density at radius 2 is 1.83 bits per heavy atom. The van der Waals surface area contributed by atoms with E-state index in [1.165, 1.54) is 16.9 Å². The summed E-state index contributed by atoms with van der Waals surface area (Å²) in [6.07, 6.45) is 4.00. The molecule has 1 atom stereocenters. The van der Waals surface area contributed by atoms with Gasteiger partial charge in [-0.05, 0) is 42.9 Å². The number of hydrogen-bond acceptors (Lipinski definition) is 5. The number of likely N-dealkylation sites (tertiary alicyclic amines) is 1. The molecule has 0 saturated carbocycles. The van der Waals surface area contributed by atoms with Crippen molar-refractivity contribution in [2.75, 3.05) is 18.4 Å². The fourth-order valence-corrected chi connectivity index (χ4v) is 5.58. The van der Waals surface area contributed by atoms with E-state index in [0.717, 1.165) is 53.9 Å². The van der Waals surface area contributed by atoms with E-state index >= 15 is 0 Å². The van der Waals surface area contributed by atoms with Crippen molar-refractivity contribution in [3.05, 3.63) is 70.2 Å². The monoisotopic (exact) mass is 505 g/mol. The van der Waals surface area contributed by atoms with Crippen LogP contribution in [0.5, 0.6) is 0 Å². The quantitative estimate of drug-likeness (QED) is 0.380. The molecule has 2 heterocycles. The number of aryl methyl sites for hydroxylation is 1. The van der Waals surface area contributed by atoms with Crippen molar-refractivity contribution < 1.29 is 14.7 Å². The molecule has 6 nitrogen and oxygen atoms in total. The lowest BCUT2D eigenvalue weighted by Crippen LogP contribution is -2.43. The number of nitrogens with one attached hydrogen (secondary N) is 1. The van der Waals surface area contributed by atoms with Gasteiger partial charge in [-0.25, -0.2) is 4.98 Å². The van der Waals surface area contributed by atoms with Crippen LogP contribution in [-0.4, -0.2) is 46.0 Å². The van der Waals surface area contributed by atoms with Crippen LogP contribution < -0.4 is 5.32 Å². The molecule has 2 amide bonds. The summed E-state index contributed by atoms with van der Waals surface area (Å²) in [4.78, 5) is 32.0. The maximum atomic E-state index is 13.0. The maximum absolute atomic E-state index is 13.0. The molecule has 0 spiro atoms. The van der Waals surface area contributed by atoms with E-state index < -0.39 is 6.10 Å². The molecule has 1 aliphatic rings. The first-order valence-corrected chi connectivity index (χ1v) is 13.8. The van der Waals surface area contributed by atoms with E-state index in [-0.39, 0.29) is 17.7 Å². The van der Waals surface area contributed by atoms with Crippen LogP contribution in [-0.2, 0) is 11.2 Å². The van der Waals surface area contributed by atoms with Gasteiger partial charge in [0.05, 0.1) is 5.01 Å². The number of para-hydroxylation sites is 1. The predicted molar refractivity (Wildman–Crippen MR) is 145 cm³/mol. The molecule has 1 saturated heterocycles. The minimum Gasteiger partial charge on any atom is -0.383 e. The molecule has 1 aromatic heterocycles. The zero-order valence-corrected chi connectivity index (χ0v) is 21.9. The van der Waals surface area contributed by atoms with Gasteiger partial charge < -0.3 is 15.3 Å². The molecule has 0 aliphatic carbocycles. The molecule has 190 valence electrons. The molecule has 0 bridgehead atoms. The molecular weight excluding hydrogens is 470 g/mol. The summed E-state index contributed by atoms with van der Waals surface area (Å²) >= 11 is 1.50. The lowest BCUT2D eigenvalue weighted by atomic mass is 9.97. The van der Waals surface area contributed by atoms with Crippen LogP contribution in [0.25, 0.3) is 11.1 Å². The molecule has 7 heteroatoms. The first-order valence-electron chi connectivity index (χ1n) is 12.9. The number of aromatic nitrogens is 1. The number of hydrogen-bond donors (Lipinski definition) is 2. The van der Waals surface area contributed by atoms with Crippen molar-refractivity contribution in [3.8, 4) is 11.1 Å². The van der Waals surface area contributed by atoms with Crippen LogP contribution >= 0.6 is 11.3 Å². The van der Waals surface area contributed by atoms with E-state index in [9.17, 15) is 14.7 Å². The smallest absolute Gasteiger partial charge is 0.275 e. The number of piperidine rings is 1. The Morgan fingerprint density at radius 1 is 1.11 bits per heavy atom. The first kappa shape index (κ1) is 26.0. The maximum Gasteiger partial charge on any atom is 0.275 e. The number of aliphatic hydroxyl groups excluding tert-OH is 1. The zero-order valence-electron chi connectivity index (χ0n) is 21.1. The van der Waals surface area contributed by atoms with E-state index in [0.29, 0.717) is 25.2 Å². The molecule has 1 fully saturated rings. The van der Waals surface area contributed by atoms with Gasteiger partial charge in [-0.1, -0.05) is 69.2 Å². The van der Waals surface area contributed by atoms with Gasteiger partial charge in [0.1, 0.15) is 11.8 Å². The number of carbonyl (C=O) groups excluding carboxylic acids is 2. The van der Waals surface area contributed by atoms with Gasteiger partial charge in [0.2, 0.25) is 0 Å². The van der Waals surface area contributed by atoms with Crippen LogP contribution in [0.3, 0.4) is 0 Å². The molecule has 2 N–H and O–H groups in total. The van der Waals surface area contributed by atoms with Crippen LogP contribution in [0, 0.1) is 0 Å². The van der Waals surface area contributed by atoms with Crippen LogP contribution in [0.15, 0.2) is 53.9 Å². The second-order valence-electron chi connectivity index (χ2n) is 9.38. The normalized spacial score (nSPS) is 15.0. The summed E-state index contributed by atoms with van der Waals surface area (Å²) in [5.74, 6) is -0.163. The third kappa shape index (κ3) is 6.20. The highest BCUT2D eigenvalue weighted by Gasteiger charge is 2.29. The lowest BCUT2D eigenvalue weighted by molar-refractivity contribution is -0.141. The number of benzene rings is 2. The van der Waals surface area contributed by atoms with Crippen molar-refractivity contribution >= 4 is 28.8 Å². The summed E-state index contributed by atoms with van der Waals surface area (Å²) in [5.41, 5.74) is 4.48. The predicted octanol–water partition coefficient (Wildman–Crippen LogP) is 5.88. The summed E-state index contributed by atoms with van der Waals surface area (Å²) in [6.45, 7) is 5.40. The van der Waals surface area contributed by atoms with Gasteiger partial charge in [0.25, 0.3) is 11.8 Å². The summed E-state index contributed by atoms with van der Waals surface area (Å²) in [6, 6.07) is 16.2. The Labute approximate surface area is 217 Å². The van der Waals surface area contributed by atoms with Gasteiger partial charge in [-0.3, -0.25) is 9.59 Å². The fraction of sp³-hybridized carbons (Fsp3) is 0.414. The standard InChI is InChI=1S/C29H35N3O3S/c1-3-5-10-26(33)29(35)32-17-15-22(16-18-32)28-31-25(19-36-28)27(34)30-24-9-7-6-8-23(24)21-13-11-20(4-2)12-14-21/h6-9,11-14,19,22,26,33H,3-5,10,15-18H2,1-2H3,(H,30,34). The molecular formula is C29H35N3O3S. The number of amides is 2. The highest BCUT2D eigenvalue weighted by atomic mass is 32.1. The molecule has 1 aliphatic heterocycles. The molecule has 36 heavy (non-hydrogen) atoms. The summed E-state index contributed by atoms with van der Waals surface area (Å²) in [5, 5.41) is 15.9. The lowest BCUT2D eigenvalue weighted by Gasteiger charge is -2.32. The minimum absolute atomic E-state index is 0.163. The number of rotatable bonds is 9. The average molecular weight is 506 g/mol. The number of anilines is 1. The van der Waals surface area contributed by atoms with Crippen molar-refractivity contribution in [2.24, 2.45) is 0 Å². The third-order valence-electron chi connectivity index (χ3n) is 6.88. The zero-order chi connectivity index (χ0) is 25.5. The molecule has 2 aromatic carbocycles. The third-order valence-corrected chi connectivity index (χ3v) is 7.88. The van der Waals surface area contributed by atoms with Crippen molar-refractivity contribution in [2.45, 2.75) is 64.4 Å². The minimum atomic E-state index is -0.899. The first-order chi connectivity index (χ1) is 17.5. The molecule has 3 aromatic rings. The number of nitrogens with zero attached hydrogens (tertiary/aromatic N) is 2. The molecule has 0 radical (unpaired) electrons. The van der Waals surface area contributed by atoms with Gasteiger partial charge in [0, 0.05) is 35.6 Å². The van der Waals surface area contributed by atoms with E-state index in [1.54, 1.807) is 4.90 Å². The Kier molecular flexibility index (Phi) is 8.88. The Bertz CT molecular complexity index is 1170. The second-order valence-corrected chi connectivity index (χ2v) is 10.3. The SMILES string of the molecule is CCCCC(O)C(=O)N1CCC(c2nc(C(=O)Nc3ccccc3-c3ccc(CC)cc3)cs2)CC1. The number of aliphatic hydroxyl groups is 1. The Balaban J connectivity index is 1.37. The average Bonchev–Trinajstić information content (AvgIpc) is 3.42. The number of thiazole rings is 1. The van der Waals surface area contributed by atoms with E-state index in [1.807, 2.05) is 29.6 Å². The molecule has 4 rings (SSSR count). The highest BCUT2D eigenvalue weighted by Crippen LogP contribution is 2.32. The van der Waals surface area contributed by atoms with Crippen molar-refractivity contribution in [3.63, 3.8) is 0 Å². The number of carbonyl (C=O) groups is 2. The van der Waals surface area contributed by atoms with Crippen LogP contribution in [0.4, 0.5) is 5.69 Å². The van der Waals surface area contributed by atoms with Gasteiger partial charge >= 0.3 is 0 Å². The van der Waals surface area contributed by atoms with Crippen molar-refractivity contribution in [1.29, 1.82) is 0 Å². The van der Waals surface area contributed by atoms with E-state index in [4.69, 9.17) is 0 Å². The van der Waals surface area contributed by atoms with Gasteiger partial charge in [-0.2, -0.15) is 0 Å². The van der Waals surface area contributed by atoms with E-state index in [2.05, 4.69) is 48.4 Å². The highest BCUT2D eigenvalue weighted by molar-refractivity contribution is 7.10. The van der Waals surface area contributed by atoms with Crippen LogP contribution in [0.1, 0.15) is 72.9 Å². The topological polar surface area (TPSA) is 82.5 Å². The largest absolute Gasteiger partial charge is 0.383 e. The fourth-order valence-electron chi connectivity index (χ4n) is 4.61. The van der Waals surface area contributed by atoms with Gasteiger partial charge in [-0.15, -0.1) is 11.3 Å². The summed E-state index contributed by atoms with van der Waals surface area (Å²) in [7, 11) is 0. The summed E-state index contributed by atoms with van der Waals surface area (Å²) < 4.78 is 0. The molecule has 1 unspecified atom stereocenters. The Hall–Kier alpha value is -3.03. The van der Waals surface area contributed by atoms with Crippen molar-refractivity contribution in [1.82, 2.24) is 9.88 Å². The number of unbranched alkanes of at least 4 members (excludes halogenated alkanes) is 1. The Morgan fingerprint density at radius 3 is 2.53 bits per heavy atom. The van der Waals surface area contributed by atoms with Gasteiger partial charge in [0.15, 0.2) is 0 Å². The second kappa shape index (κ2) is 12.3. The van der Waals surface area contributed by atoms with Crippen LogP contribution in [0.2, 0.25) is 0 Å².